The van der Waals surface area contributed by atoms with E-state index in [2.05, 4.69) is 56.3 Å². The number of benzene rings is 2. The fourth-order valence-electron chi connectivity index (χ4n) is 1.91. The van der Waals surface area contributed by atoms with Gasteiger partial charge in [-0.15, -0.1) is 0 Å². The second-order valence-corrected chi connectivity index (χ2v) is 4.47. The van der Waals surface area contributed by atoms with Gasteiger partial charge in [-0.2, -0.15) is 0 Å². The average molecular weight is 226 g/mol. The zero-order valence-electron chi connectivity index (χ0n) is 10.4. The first-order chi connectivity index (χ1) is 8.20. The summed E-state index contributed by atoms with van der Waals surface area (Å²) < 4.78 is 0. The molecule has 0 saturated heterocycles. The van der Waals surface area contributed by atoms with Crippen molar-refractivity contribution in [3.05, 3.63) is 59.2 Å². The Morgan fingerprint density at radius 2 is 1.47 bits per heavy atom. The van der Waals surface area contributed by atoms with E-state index in [0.29, 0.717) is 0 Å². The van der Waals surface area contributed by atoms with Crippen LogP contribution in [0.15, 0.2) is 42.5 Å². The van der Waals surface area contributed by atoms with Crippen LogP contribution in [0.2, 0.25) is 0 Å². The van der Waals surface area contributed by atoms with Gasteiger partial charge in [-0.1, -0.05) is 42.5 Å². The third kappa shape index (κ3) is 2.75. The third-order valence-corrected chi connectivity index (χ3v) is 3.19. The van der Waals surface area contributed by atoms with Gasteiger partial charge in [0.25, 0.3) is 0 Å². The minimum atomic E-state index is 0.211. The summed E-state index contributed by atoms with van der Waals surface area (Å²) in [5.74, 6) is 0. The monoisotopic (exact) mass is 226 g/mol. The molecule has 1 nitrogen and oxygen atoms in total. The van der Waals surface area contributed by atoms with Gasteiger partial charge < -0.3 is 5.11 Å². The summed E-state index contributed by atoms with van der Waals surface area (Å²) in [5, 5.41) is 8.87. The Morgan fingerprint density at radius 1 is 0.824 bits per heavy atom. The van der Waals surface area contributed by atoms with E-state index in [-0.39, 0.29) is 6.61 Å². The highest BCUT2D eigenvalue weighted by Crippen LogP contribution is 2.22. The van der Waals surface area contributed by atoms with Gasteiger partial charge in [0.1, 0.15) is 0 Å². The number of rotatable bonds is 3. The van der Waals surface area contributed by atoms with Crippen LogP contribution in [0.5, 0.6) is 0 Å². The minimum Gasteiger partial charge on any atom is -0.396 e. The lowest BCUT2D eigenvalue weighted by atomic mass is 9.99. The van der Waals surface area contributed by atoms with Crippen LogP contribution in [-0.2, 0) is 6.42 Å². The molecule has 0 aliphatic rings. The normalized spacial score (nSPS) is 10.5. The molecule has 0 aliphatic carbocycles. The number of aryl methyl sites for hydroxylation is 2. The van der Waals surface area contributed by atoms with E-state index in [1.807, 2.05) is 0 Å². The Labute approximate surface area is 103 Å². The van der Waals surface area contributed by atoms with Crippen LogP contribution in [0.1, 0.15) is 16.7 Å². The third-order valence-electron chi connectivity index (χ3n) is 3.19. The lowest BCUT2D eigenvalue weighted by molar-refractivity contribution is 0.299. The summed E-state index contributed by atoms with van der Waals surface area (Å²) in [7, 11) is 0. The predicted molar refractivity (Wildman–Crippen MR) is 72.1 cm³/mol. The molecule has 0 amide bonds. The molecule has 0 heterocycles. The molecule has 0 fully saturated rings. The first-order valence-corrected chi connectivity index (χ1v) is 5.98. The van der Waals surface area contributed by atoms with Gasteiger partial charge >= 0.3 is 0 Å². The molecule has 0 spiro atoms. The Bertz CT molecular complexity index is 497. The van der Waals surface area contributed by atoms with Gasteiger partial charge in [-0.3, -0.25) is 0 Å². The van der Waals surface area contributed by atoms with E-state index in [1.54, 1.807) is 0 Å². The number of hydrogen-bond acceptors (Lipinski definition) is 1. The van der Waals surface area contributed by atoms with Crippen molar-refractivity contribution < 1.29 is 5.11 Å². The van der Waals surface area contributed by atoms with Crippen LogP contribution in [0.25, 0.3) is 11.1 Å². The molecular formula is C16H18O. The molecule has 1 heteroatoms. The Hall–Kier alpha value is -1.60. The second kappa shape index (κ2) is 5.15. The molecule has 0 atom stereocenters. The summed E-state index contributed by atoms with van der Waals surface area (Å²) in [6.07, 6.45) is 0.729. The summed E-state index contributed by atoms with van der Waals surface area (Å²) in [4.78, 5) is 0. The van der Waals surface area contributed by atoms with Crippen LogP contribution < -0.4 is 0 Å². The van der Waals surface area contributed by atoms with E-state index in [4.69, 9.17) is 5.11 Å². The fraction of sp³-hybridized carbons (Fsp3) is 0.250. The standard InChI is InChI=1S/C16H18O/c1-12-3-6-16(11-13(12)2)15-7-4-14(5-8-15)9-10-17/h3-8,11,17H,9-10H2,1-2H3. The molecular weight excluding hydrogens is 208 g/mol. The molecule has 0 radical (unpaired) electrons. The van der Waals surface area contributed by atoms with E-state index < -0.39 is 0 Å². The zero-order chi connectivity index (χ0) is 12.3. The SMILES string of the molecule is Cc1ccc(-c2ccc(CCO)cc2)cc1C. The lowest BCUT2D eigenvalue weighted by Crippen LogP contribution is -1.90. The van der Waals surface area contributed by atoms with Crippen LogP contribution in [-0.4, -0.2) is 11.7 Å². The molecule has 1 N–H and O–H groups in total. The molecule has 0 aromatic heterocycles. The number of hydrogen-bond donors (Lipinski definition) is 1. The van der Waals surface area contributed by atoms with Crippen molar-refractivity contribution in [2.75, 3.05) is 6.61 Å². The first-order valence-electron chi connectivity index (χ1n) is 5.98. The maximum Gasteiger partial charge on any atom is 0.0471 e. The van der Waals surface area contributed by atoms with E-state index in [0.717, 1.165) is 6.42 Å². The molecule has 2 rings (SSSR count). The number of aliphatic hydroxyl groups excluding tert-OH is 1. The smallest absolute Gasteiger partial charge is 0.0471 e. The maximum absolute atomic E-state index is 8.87. The molecule has 2 aromatic rings. The molecule has 0 aliphatic heterocycles. The molecule has 17 heavy (non-hydrogen) atoms. The van der Waals surface area contributed by atoms with Gasteiger partial charge in [-0.05, 0) is 48.1 Å². The van der Waals surface area contributed by atoms with E-state index in [1.165, 1.54) is 27.8 Å². The van der Waals surface area contributed by atoms with Gasteiger partial charge in [0.05, 0.1) is 0 Å². The average Bonchev–Trinajstić information content (AvgIpc) is 2.34. The van der Waals surface area contributed by atoms with Gasteiger partial charge in [-0.25, -0.2) is 0 Å². The quantitative estimate of drug-likeness (QED) is 0.849. The summed E-state index contributed by atoms with van der Waals surface area (Å²) in [6, 6.07) is 14.9. The highest BCUT2D eigenvalue weighted by molar-refractivity contribution is 5.65. The van der Waals surface area contributed by atoms with Crippen molar-refractivity contribution in [2.24, 2.45) is 0 Å². The second-order valence-electron chi connectivity index (χ2n) is 4.47. The summed E-state index contributed by atoms with van der Waals surface area (Å²) >= 11 is 0. The number of aliphatic hydroxyl groups is 1. The van der Waals surface area contributed by atoms with Gasteiger partial charge in [0.2, 0.25) is 0 Å². The maximum atomic E-state index is 8.87. The summed E-state index contributed by atoms with van der Waals surface area (Å²) in [6.45, 7) is 4.48. The van der Waals surface area contributed by atoms with Crippen molar-refractivity contribution in [3.8, 4) is 11.1 Å². The Kier molecular flexibility index (Phi) is 3.60. The van der Waals surface area contributed by atoms with Crippen LogP contribution in [0.3, 0.4) is 0 Å². The van der Waals surface area contributed by atoms with Gasteiger partial charge in [0.15, 0.2) is 0 Å². The van der Waals surface area contributed by atoms with E-state index >= 15 is 0 Å². The Balaban J connectivity index is 2.30. The molecule has 2 aromatic carbocycles. The largest absolute Gasteiger partial charge is 0.396 e. The Morgan fingerprint density at radius 3 is 2.06 bits per heavy atom. The molecule has 0 bridgehead atoms. The van der Waals surface area contributed by atoms with Crippen LogP contribution in [0.4, 0.5) is 0 Å². The fourth-order valence-corrected chi connectivity index (χ4v) is 1.91. The van der Waals surface area contributed by atoms with Gasteiger partial charge in [0, 0.05) is 6.61 Å². The lowest BCUT2D eigenvalue weighted by Gasteiger charge is -2.06. The zero-order valence-corrected chi connectivity index (χ0v) is 10.4. The highest BCUT2D eigenvalue weighted by Gasteiger charge is 2.00. The minimum absolute atomic E-state index is 0.211. The van der Waals surface area contributed by atoms with Crippen molar-refractivity contribution in [2.45, 2.75) is 20.3 Å². The molecule has 0 unspecified atom stereocenters. The van der Waals surface area contributed by atoms with Crippen molar-refractivity contribution in [1.29, 1.82) is 0 Å². The van der Waals surface area contributed by atoms with Crippen molar-refractivity contribution in [1.82, 2.24) is 0 Å². The van der Waals surface area contributed by atoms with Crippen molar-refractivity contribution >= 4 is 0 Å². The molecule has 88 valence electrons. The summed E-state index contributed by atoms with van der Waals surface area (Å²) in [5.41, 5.74) is 6.31. The predicted octanol–water partition coefficient (Wildman–Crippen LogP) is 3.51. The first kappa shape index (κ1) is 11.9. The topological polar surface area (TPSA) is 20.2 Å². The molecule has 0 saturated carbocycles. The van der Waals surface area contributed by atoms with Crippen LogP contribution >= 0.6 is 0 Å². The van der Waals surface area contributed by atoms with Crippen LogP contribution in [0, 0.1) is 13.8 Å². The highest BCUT2D eigenvalue weighted by atomic mass is 16.2. The van der Waals surface area contributed by atoms with E-state index in [9.17, 15) is 0 Å². The van der Waals surface area contributed by atoms with Crippen molar-refractivity contribution in [3.63, 3.8) is 0 Å².